The predicted molar refractivity (Wildman–Crippen MR) is 67.7 cm³/mol. The third kappa shape index (κ3) is 1.49. The number of H-pyrrole nitrogens is 1. The van der Waals surface area contributed by atoms with Crippen LogP contribution in [0.25, 0.3) is 22.2 Å². The first-order chi connectivity index (χ1) is 8.15. The Morgan fingerprint density at radius 3 is 2.76 bits per heavy atom. The fourth-order valence-electron chi connectivity index (χ4n) is 2.27. The van der Waals surface area contributed by atoms with E-state index in [4.69, 9.17) is 10.3 Å². The standard InChI is InChI=1S/C13H13N3O/c1-7-3-8(2)13-9(6-15-10(13)4-7)11-5-12(14)16-17-11/h3-6,15H,1-2H3,(H2,14,16). The molecule has 3 N–H and O–H groups in total. The van der Waals surface area contributed by atoms with E-state index in [-0.39, 0.29) is 0 Å². The number of nitrogen functional groups attached to an aromatic ring is 1. The van der Waals surface area contributed by atoms with Crippen molar-refractivity contribution in [2.24, 2.45) is 0 Å². The van der Waals surface area contributed by atoms with Crippen molar-refractivity contribution in [2.45, 2.75) is 13.8 Å². The van der Waals surface area contributed by atoms with E-state index in [0.29, 0.717) is 11.6 Å². The number of nitrogens with two attached hydrogens (primary N) is 1. The molecular formula is C13H13N3O. The molecule has 0 fully saturated rings. The van der Waals surface area contributed by atoms with E-state index >= 15 is 0 Å². The number of hydrogen-bond acceptors (Lipinski definition) is 3. The van der Waals surface area contributed by atoms with E-state index in [9.17, 15) is 0 Å². The summed E-state index contributed by atoms with van der Waals surface area (Å²) in [5, 5.41) is 4.87. The first-order valence-electron chi connectivity index (χ1n) is 5.46. The van der Waals surface area contributed by atoms with E-state index in [1.54, 1.807) is 6.07 Å². The van der Waals surface area contributed by atoms with Crippen LogP contribution in [0, 0.1) is 13.8 Å². The molecule has 0 aliphatic heterocycles. The molecule has 17 heavy (non-hydrogen) atoms. The van der Waals surface area contributed by atoms with Crippen LogP contribution in [-0.2, 0) is 0 Å². The molecule has 0 saturated heterocycles. The van der Waals surface area contributed by atoms with Gasteiger partial charge in [-0.25, -0.2) is 0 Å². The normalized spacial score (nSPS) is 11.2. The van der Waals surface area contributed by atoms with Gasteiger partial charge >= 0.3 is 0 Å². The van der Waals surface area contributed by atoms with Gasteiger partial charge in [0.05, 0.1) is 0 Å². The molecular weight excluding hydrogens is 214 g/mol. The van der Waals surface area contributed by atoms with E-state index in [1.165, 1.54) is 11.1 Å². The number of anilines is 1. The van der Waals surface area contributed by atoms with E-state index < -0.39 is 0 Å². The summed E-state index contributed by atoms with van der Waals surface area (Å²) in [7, 11) is 0. The maximum absolute atomic E-state index is 5.58. The largest absolute Gasteiger partial charge is 0.381 e. The van der Waals surface area contributed by atoms with Crippen LogP contribution in [0.2, 0.25) is 0 Å². The summed E-state index contributed by atoms with van der Waals surface area (Å²) in [5.74, 6) is 1.10. The van der Waals surface area contributed by atoms with Gasteiger partial charge in [0, 0.05) is 28.7 Å². The molecule has 4 nitrogen and oxygen atoms in total. The van der Waals surface area contributed by atoms with Gasteiger partial charge in [-0.1, -0.05) is 11.2 Å². The van der Waals surface area contributed by atoms with Crippen molar-refractivity contribution in [3.63, 3.8) is 0 Å². The van der Waals surface area contributed by atoms with Gasteiger partial charge in [-0.3, -0.25) is 0 Å². The Labute approximate surface area is 98.4 Å². The summed E-state index contributed by atoms with van der Waals surface area (Å²) in [6.07, 6.45) is 1.93. The molecule has 0 spiro atoms. The second-order valence-electron chi connectivity index (χ2n) is 4.32. The Morgan fingerprint density at radius 1 is 1.24 bits per heavy atom. The van der Waals surface area contributed by atoms with E-state index in [1.807, 2.05) is 6.20 Å². The van der Waals surface area contributed by atoms with E-state index in [0.717, 1.165) is 16.5 Å². The van der Waals surface area contributed by atoms with Crippen LogP contribution in [0.5, 0.6) is 0 Å². The molecule has 0 bridgehead atoms. The lowest BCUT2D eigenvalue weighted by atomic mass is 10.0. The molecule has 0 amide bonds. The van der Waals surface area contributed by atoms with Crippen LogP contribution in [0.3, 0.4) is 0 Å². The molecule has 2 heterocycles. The average Bonchev–Trinajstić information content (AvgIpc) is 2.83. The quantitative estimate of drug-likeness (QED) is 0.671. The van der Waals surface area contributed by atoms with Crippen molar-refractivity contribution in [3.05, 3.63) is 35.5 Å². The molecule has 0 unspecified atom stereocenters. The molecule has 0 atom stereocenters. The summed E-state index contributed by atoms with van der Waals surface area (Å²) in [4.78, 5) is 3.25. The highest BCUT2D eigenvalue weighted by atomic mass is 16.5. The van der Waals surface area contributed by atoms with Gasteiger partial charge in [-0.05, 0) is 31.0 Å². The zero-order valence-electron chi connectivity index (χ0n) is 9.74. The molecule has 0 aliphatic rings. The lowest BCUT2D eigenvalue weighted by molar-refractivity contribution is 0.436. The number of nitrogens with one attached hydrogen (secondary N) is 1. The minimum atomic E-state index is 0.402. The fraction of sp³-hybridized carbons (Fsp3) is 0.154. The number of rotatable bonds is 1. The minimum absolute atomic E-state index is 0.402. The monoisotopic (exact) mass is 227 g/mol. The third-order valence-corrected chi connectivity index (χ3v) is 2.92. The summed E-state index contributed by atoms with van der Waals surface area (Å²) >= 11 is 0. The second-order valence-corrected chi connectivity index (χ2v) is 4.32. The minimum Gasteiger partial charge on any atom is -0.381 e. The van der Waals surface area contributed by atoms with Crippen molar-refractivity contribution in [3.8, 4) is 11.3 Å². The zero-order valence-corrected chi connectivity index (χ0v) is 9.74. The molecule has 3 aromatic rings. The number of hydrogen-bond donors (Lipinski definition) is 2. The van der Waals surface area contributed by atoms with Crippen molar-refractivity contribution in [1.82, 2.24) is 10.1 Å². The van der Waals surface area contributed by atoms with Crippen molar-refractivity contribution in [1.29, 1.82) is 0 Å². The summed E-state index contributed by atoms with van der Waals surface area (Å²) < 4.78 is 5.21. The summed E-state index contributed by atoms with van der Waals surface area (Å²) in [6.45, 7) is 4.17. The van der Waals surface area contributed by atoms with Gasteiger partial charge in [-0.2, -0.15) is 0 Å². The number of aryl methyl sites for hydroxylation is 2. The van der Waals surface area contributed by atoms with Gasteiger partial charge in [-0.15, -0.1) is 0 Å². The Hall–Kier alpha value is -2.23. The van der Waals surface area contributed by atoms with Crippen LogP contribution >= 0.6 is 0 Å². The van der Waals surface area contributed by atoms with Gasteiger partial charge < -0.3 is 15.2 Å². The van der Waals surface area contributed by atoms with Crippen LogP contribution in [0.4, 0.5) is 5.82 Å². The zero-order chi connectivity index (χ0) is 12.0. The van der Waals surface area contributed by atoms with Crippen LogP contribution < -0.4 is 5.73 Å². The molecule has 0 radical (unpaired) electrons. The SMILES string of the molecule is Cc1cc(C)c2c(-c3cc(N)no3)c[nH]c2c1. The highest BCUT2D eigenvalue weighted by Crippen LogP contribution is 2.32. The number of benzene rings is 1. The highest BCUT2D eigenvalue weighted by molar-refractivity contribution is 5.97. The first kappa shape index (κ1) is 9.96. The maximum atomic E-state index is 5.58. The number of fused-ring (bicyclic) bond motifs is 1. The Bertz CT molecular complexity index is 694. The Balaban J connectivity index is 2.31. The lowest BCUT2D eigenvalue weighted by Crippen LogP contribution is -1.81. The molecule has 3 rings (SSSR count). The first-order valence-corrected chi connectivity index (χ1v) is 5.46. The van der Waals surface area contributed by atoms with Gasteiger partial charge in [0.15, 0.2) is 11.6 Å². The molecule has 4 heteroatoms. The van der Waals surface area contributed by atoms with Crippen molar-refractivity contribution >= 4 is 16.7 Å². The molecule has 86 valence electrons. The molecule has 0 saturated carbocycles. The topological polar surface area (TPSA) is 67.8 Å². The maximum Gasteiger partial charge on any atom is 0.171 e. The summed E-state index contributed by atoms with van der Waals surface area (Å²) in [6, 6.07) is 6.01. The van der Waals surface area contributed by atoms with Gasteiger partial charge in [0.1, 0.15) is 0 Å². The predicted octanol–water partition coefficient (Wildman–Crippen LogP) is 3.02. The third-order valence-electron chi connectivity index (χ3n) is 2.92. The highest BCUT2D eigenvalue weighted by Gasteiger charge is 2.12. The number of nitrogens with zero attached hydrogens (tertiary/aromatic N) is 1. The van der Waals surface area contributed by atoms with Crippen LogP contribution in [0.1, 0.15) is 11.1 Å². The van der Waals surface area contributed by atoms with Gasteiger partial charge in [0.2, 0.25) is 0 Å². The van der Waals surface area contributed by atoms with Crippen molar-refractivity contribution < 1.29 is 4.52 Å². The molecule has 2 aromatic heterocycles. The van der Waals surface area contributed by atoms with Crippen LogP contribution in [0.15, 0.2) is 28.9 Å². The van der Waals surface area contributed by atoms with Crippen molar-refractivity contribution in [2.75, 3.05) is 5.73 Å². The lowest BCUT2D eigenvalue weighted by Gasteiger charge is -2.01. The van der Waals surface area contributed by atoms with Gasteiger partial charge in [0.25, 0.3) is 0 Å². The Kier molecular flexibility index (Phi) is 1.98. The Morgan fingerprint density at radius 2 is 2.06 bits per heavy atom. The molecule has 0 aliphatic carbocycles. The second kappa shape index (κ2) is 3.38. The summed E-state index contributed by atoms with van der Waals surface area (Å²) in [5.41, 5.74) is 10.1. The smallest absolute Gasteiger partial charge is 0.171 e. The van der Waals surface area contributed by atoms with Crippen LogP contribution in [-0.4, -0.2) is 10.1 Å². The fourth-order valence-corrected chi connectivity index (χ4v) is 2.27. The van der Waals surface area contributed by atoms with E-state index in [2.05, 4.69) is 36.1 Å². The molecule has 1 aromatic carbocycles. The average molecular weight is 227 g/mol. The number of aromatic nitrogens is 2. The number of aromatic amines is 1.